The fourth-order valence-corrected chi connectivity index (χ4v) is 4.38. The Hall–Kier alpha value is -3.11. The van der Waals surface area contributed by atoms with Gasteiger partial charge in [0.15, 0.2) is 0 Å². The number of hydrogen-bond acceptors (Lipinski definition) is 7. The minimum Gasteiger partial charge on any atom is -0.488 e. The van der Waals surface area contributed by atoms with E-state index in [0.717, 1.165) is 22.2 Å². The van der Waals surface area contributed by atoms with Crippen molar-refractivity contribution in [3.8, 4) is 5.75 Å². The molecule has 1 aliphatic rings. The van der Waals surface area contributed by atoms with Crippen LogP contribution in [0, 0.1) is 0 Å². The predicted molar refractivity (Wildman–Crippen MR) is 126 cm³/mol. The van der Waals surface area contributed by atoms with Crippen molar-refractivity contribution in [1.82, 2.24) is 4.90 Å². The first kappa shape index (κ1) is 24.5. The first-order valence-electron chi connectivity index (χ1n) is 9.89. The van der Waals surface area contributed by atoms with Gasteiger partial charge in [0.25, 0.3) is 11.1 Å². The molecule has 0 spiro atoms. The molecule has 1 N–H and O–H groups in total. The topological polar surface area (TPSA) is 110 Å². The number of imide groups is 1. The smallest absolute Gasteiger partial charge is 0.335 e. The molecule has 10 heteroatoms. The van der Waals surface area contributed by atoms with E-state index in [1.807, 2.05) is 0 Å². The molecule has 1 atom stereocenters. The van der Waals surface area contributed by atoms with E-state index < -0.39 is 29.1 Å². The number of carbonyl (C=O) groups excluding carboxylic acids is 3. The predicted octanol–water partition coefficient (Wildman–Crippen LogP) is 4.71. The van der Waals surface area contributed by atoms with Crippen LogP contribution in [0.25, 0.3) is 6.08 Å². The first-order chi connectivity index (χ1) is 15.7. The Morgan fingerprint density at radius 2 is 1.88 bits per heavy atom. The number of aromatic carboxylic acids is 1. The van der Waals surface area contributed by atoms with Crippen LogP contribution in [0.3, 0.4) is 0 Å². The van der Waals surface area contributed by atoms with Crippen LogP contribution in [0.15, 0.2) is 51.8 Å². The van der Waals surface area contributed by atoms with Gasteiger partial charge in [-0.05, 0) is 83.0 Å². The second kappa shape index (κ2) is 10.7. The van der Waals surface area contributed by atoms with Gasteiger partial charge >= 0.3 is 11.9 Å². The van der Waals surface area contributed by atoms with E-state index in [1.165, 1.54) is 19.1 Å². The summed E-state index contributed by atoms with van der Waals surface area (Å²) in [5.74, 6) is -1.62. The fraction of sp³-hybridized carbons (Fsp3) is 0.217. The van der Waals surface area contributed by atoms with Crippen molar-refractivity contribution < 1.29 is 33.8 Å². The Bertz CT molecular complexity index is 1130. The summed E-state index contributed by atoms with van der Waals surface area (Å²) < 4.78 is 11.3. The van der Waals surface area contributed by atoms with E-state index in [-0.39, 0.29) is 23.7 Å². The highest BCUT2D eigenvalue weighted by molar-refractivity contribution is 9.10. The van der Waals surface area contributed by atoms with Crippen LogP contribution in [0.4, 0.5) is 4.79 Å². The van der Waals surface area contributed by atoms with Crippen LogP contribution in [-0.2, 0) is 20.9 Å². The minimum absolute atomic E-state index is 0.158. The van der Waals surface area contributed by atoms with Crippen LogP contribution in [0.5, 0.6) is 5.75 Å². The largest absolute Gasteiger partial charge is 0.488 e. The van der Waals surface area contributed by atoms with Gasteiger partial charge in [0.05, 0.1) is 21.5 Å². The minimum atomic E-state index is -1.00. The summed E-state index contributed by atoms with van der Waals surface area (Å²) in [7, 11) is 0. The number of benzene rings is 2. The highest BCUT2D eigenvalue weighted by Gasteiger charge is 2.41. The number of rotatable bonds is 8. The lowest BCUT2D eigenvalue weighted by Gasteiger charge is -2.19. The SMILES string of the molecule is CCOC(=O)[C@@H](C)N1C(=O)S/C(=C/c2ccc(OCc3ccc(C(=O)O)cc3)c(Br)c2)C1=O. The molecule has 0 radical (unpaired) electrons. The summed E-state index contributed by atoms with van der Waals surface area (Å²) in [5.41, 5.74) is 1.67. The average molecular weight is 534 g/mol. The number of carboxylic acid groups (broad SMARTS) is 1. The molecule has 2 aromatic rings. The molecular formula is C23H20BrNO7S. The van der Waals surface area contributed by atoms with Gasteiger partial charge in [-0.15, -0.1) is 0 Å². The summed E-state index contributed by atoms with van der Waals surface area (Å²) in [6.45, 7) is 3.50. The molecule has 0 aliphatic carbocycles. The number of ether oxygens (including phenoxy) is 2. The van der Waals surface area contributed by atoms with Crippen LogP contribution >= 0.6 is 27.7 Å². The molecule has 33 heavy (non-hydrogen) atoms. The highest BCUT2D eigenvalue weighted by atomic mass is 79.9. The quantitative estimate of drug-likeness (QED) is 0.383. The van der Waals surface area contributed by atoms with Crippen molar-refractivity contribution in [3.63, 3.8) is 0 Å². The summed E-state index contributed by atoms with van der Waals surface area (Å²) in [4.78, 5) is 48.9. The van der Waals surface area contributed by atoms with Crippen molar-refractivity contribution in [1.29, 1.82) is 0 Å². The molecule has 3 rings (SSSR count). The maximum absolute atomic E-state index is 12.7. The van der Waals surface area contributed by atoms with E-state index in [1.54, 1.807) is 43.3 Å². The molecule has 0 aromatic heterocycles. The number of carbonyl (C=O) groups is 4. The maximum Gasteiger partial charge on any atom is 0.335 e. The van der Waals surface area contributed by atoms with Crippen LogP contribution in [-0.4, -0.2) is 45.7 Å². The molecule has 172 valence electrons. The average Bonchev–Trinajstić information content (AvgIpc) is 3.05. The molecule has 2 aromatic carbocycles. The van der Waals surface area contributed by atoms with Gasteiger partial charge in [-0.1, -0.05) is 18.2 Å². The first-order valence-corrected chi connectivity index (χ1v) is 11.5. The van der Waals surface area contributed by atoms with Gasteiger partial charge in [0.2, 0.25) is 0 Å². The van der Waals surface area contributed by atoms with Gasteiger partial charge in [-0.25, -0.2) is 9.59 Å². The monoisotopic (exact) mass is 533 g/mol. The van der Waals surface area contributed by atoms with E-state index in [9.17, 15) is 19.2 Å². The second-order valence-corrected chi connectivity index (χ2v) is 8.81. The van der Waals surface area contributed by atoms with E-state index in [2.05, 4.69) is 15.9 Å². The normalized spacial score (nSPS) is 15.6. The van der Waals surface area contributed by atoms with Gasteiger partial charge in [-0.3, -0.25) is 14.5 Å². The third-order valence-corrected chi connectivity index (χ3v) is 6.19. The van der Waals surface area contributed by atoms with Gasteiger partial charge in [0, 0.05) is 0 Å². The highest BCUT2D eigenvalue weighted by Crippen LogP contribution is 2.35. The zero-order valence-corrected chi connectivity index (χ0v) is 20.1. The van der Waals surface area contributed by atoms with Crippen molar-refractivity contribution in [2.45, 2.75) is 26.5 Å². The molecule has 0 unspecified atom stereocenters. The molecule has 1 aliphatic heterocycles. The van der Waals surface area contributed by atoms with E-state index >= 15 is 0 Å². The molecule has 2 amide bonds. The maximum atomic E-state index is 12.7. The Morgan fingerprint density at radius 3 is 2.48 bits per heavy atom. The van der Waals surface area contributed by atoms with Crippen LogP contribution in [0.1, 0.15) is 35.3 Å². The van der Waals surface area contributed by atoms with E-state index in [4.69, 9.17) is 14.6 Å². The number of halogens is 1. The zero-order valence-electron chi connectivity index (χ0n) is 17.7. The Kier molecular flexibility index (Phi) is 7.93. The molecule has 1 fully saturated rings. The van der Waals surface area contributed by atoms with Gasteiger partial charge < -0.3 is 14.6 Å². The standard InChI is InChI=1S/C23H20BrNO7S/c1-3-31-22(29)13(2)25-20(26)19(33-23(25)30)11-15-6-9-18(17(24)10-15)32-12-14-4-7-16(8-5-14)21(27)28/h4-11,13H,3,12H2,1-2H3,(H,27,28)/b19-11+/t13-/m1/s1. The summed E-state index contributed by atoms with van der Waals surface area (Å²) in [6.07, 6.45) is 1.57. The van der Waals surface area contributed by atoms with Crippen molar-refractivity contribution in [2.24, 2.45) is 0 Å². The van der Waals surface area contributed by atoms with Gasteiger partial charge in [0.1, 0.15) is 18.4 Å². The molecule has 0 saturated carbocycles. The Balaban J connectivity index is 1.69. The van der Waals surface area contributed by atoms with Gasteiger partial charge in [-0.2, -0.15) is 0 Å². The van der Waals surface area contributed by atoms with Crippen molar-refractivity contribution in [2.75, 3.05) is 6.61 Å². The lowest BCUT2D eigenvalue weighted by Crippen LogP contribution is -2.42. The summed E-state index contributed by atoms with van der Waals surface area (Å²) in [5, 5.41) is 8.43. The molecular weight excluding hydrogens is 514 g/mol. The molecule has 0 bridgehead atoms. The summed E-state index contributed by atoms with van der Waals surface area (Å²) >= 11 is 4.20. The number of thioether (sulfide) groups is 1. The lowest BCUT2D eigenvalue weighted by atomic mass is 10.1. The fourth-order valence-electron chi connectivity index (χ4n) is 2.96. The zero-order chi connectivity index (χ0) is 24.1. The van der Waals surface area contributed by atoms with Crippen LogP contribution in [0.2, 0.25) is 0 Å². The number of hydrogen-bond donors (Lipinski definition) is 1. The second-order valence-electron chi connectivity index (χ2n) is 6.96. The van der Waals surface area contributed by atoms with Crippen LogP contribution < -0.4 is 4.74 Å². The number of carboxylic acids is 1. The summed E-state index contributed by atoms with van der Waals surface area (Å²) in [6, 6.07) is 10.6. The Morgan fingerprint density at radius 1 is 1.18 bits per heavy atom. The molecule has 8 nitrogen and oxygen atoms in total. The number of esters is 1. The van der Waals surface area contributed by atoms with Crippen molar-refractivity contribution >= 4 is 56.9 Å². The lowest BCUT2D eigenvalue weighted by molar-refractivity contribution is -0.150. The Labute approximate surface area is 202 Å². The third kappa shape index (κ3) is 5.82. The van der Waals surface area contributed by atoms with E-state index in [0.29, 0.717) is 15.8 Å². The number of amides is 2. The number of nitrogens with zero attached hydrogens (tertiary/aromatic N) is 1. The molecule has 1 saturated heterocycles. The third-order valence-electron chi connectivity index (χ3n) is 4.69. The molecule has 1 heterocycles. The van der Waals surface area contributed by atoms with Crippen molar-refractivity contribution in [3.05, 3.63) is 68.5 Å².